The Labute approximate surface area is 112 Å². The van der Waals surface area contributed by atoms with Crippen LogP contribution in [0.4, 0.5) is 4.39 Å². The van der Waals surface area contributed by atoms with Crippen LogP contribution in [-0.4, -0.2) is 0 Å². The molecule has 0 bridgehead atoms. The minimum Gasteiger partial charge on any atom is -0.323 e. The Morgan fingerprint density at radius 2 is 1.75 bits per heavy atom. The first-order valence-electron chi connectivity index (χ1n) is 4.64. The molecule has 0 saturated heterocycles. The molecule has 1 aromatic rings. The number of nitrogens with two attached hydrogens (primary N) is 1. The van der Waals surface area contributed by atoms with E-state index in [-0.39, 0.29) is 28.4 Å². The standard InChI is InChI=1S/C11H14Cl2FN.ClH/c1-11(2,3)10(15)8-7(14)5-4-6(12)9(8)13;/h4-5,10H,15H2,1-3H3;1H/t10-;/m0./s1. The van der Waals surface area contributed by atoms with Crippen LogP contribution in [-0.2, 0) is 0 Å². The first kappa shape index (κ1) is 16.0. The molecule has 16 heavy (non-hydrogen) atoms. The topological polar surface area (TPSA) is 26.0 Å². The summed E-state index contributed by atoms with van der Waals surface area (Å²) in [6.45, 7) is 5.77. The molecule has 1 rings (SSSR count). The Hall–Kier alpha value is -0.0200. The largest absolute Gasteiger partial charge is 0.323 e. The van der Waals surface area contributed by atoms with E-state index in [1.807, 2.05) is 20.8 Å². The van der Waals surface area contributed by atoms with Crippen molar-refractivity contribution in [3.63, 3.8) is 0 Å². The van der Waals surface area contributed by atoms with Gasteiger partial charge in [-0.25, -0.2) is 4.39 Å². The molecule has 0 saturated carbocycles. The molecule has 0 aliphatic heterocycles. The van der Waals surface area contributed by atoms with Crippen molar-refractivity contribution in [2.75, 3.05) is 0 Å². The van der Waals surface area contributed by atoms with Crippen LogP contribution >= 0.6 is 35.6 Å². The minimum atomic E-state index is -0.483. The second-order valence-corrected chi connectivity index (χ2v) is 5.39. The quantitative estimate of drug-likeness (QED) is 0.750. The maximum absolute atomic E-state index is 13.6. The minimum absolute atomic E-state index is 0. The molecule has 1 nitrogen and oxygen atoms in total. The lowest BCUT2D eigenvalue weighted by molar-refractivity contribution is 0.319. The predicted molar refractivity (Wildman–Crippen MR) is 70.1 cm³/mol. The van der Waals surface area contributed by atoms with Gasteiger partial charge < -0.3 is 5.73 Å². The van der Waals surface area contributed by atoms with Gasteiger partial charge in [0.05, 0.1) is 10.0 Å². The lowest BCUT2D eigenvalue weighted by Gasteiger charge is -2.28. The first-order chi connectivity index (χ1) is 6.75. The van der Waals surface area contributed by atoms with E-state index in [2.05, 4.69) is 0 Å². The molecule has 1 atom stereocenters. The Bertz CT molecular complexity index is 374. The van der Waals surface area contributed by atoms with E-state index >= 15 is 0 Å². The van der Waals surface area contributed by atoms with E-state index in [0.29, 0.717) is 5.02 Å². The third kappa shape index (κ3) is 3.24. The second kappa shape index (κ2) is 5.54. The van der Waals surface area contributed by atoms with Gasteiger partial charge >= 0.3 is 0 Å². The average Bonchev–Trinajstić information content (AvgIpc) is 2.10. The summed E-state index contributed by atoms with van der Waals surface area (Å²) in [7, 11) is 0. The predicted octanol–water partition coefficient (Wildman–Crippen LogP) is 4.60. The summed E-state index contributed by atoms with van der Waals surface area (Å²) in [6, 6.07) is 2.23. The highest BCUT2D eigenvalue weighted by atomic mass is 35.5. The number of benzene rings is 1. The highest BCUT2D eigenvalue weighted by Gasteiger charge is 2.27. The molecule has 0 heterocycles. The summed E-state index contributed by atoms with van der Waals surface area (Å²) in [4.78, 5) is 0. The zero-order valence-electron chi connectivity index (χ0n) is 9.35. The number of hydrogen-bond acceptors (Lipinski definition) is 1. The van der Waals surface area contributed by atoms with E-state index in [0.717, 1.165) is 0 Å². The summed E-state index contributed by atoms with van der Waals surface area (Å²) in [5.74, 6) is -0.410. The molecule has 0 unspecified atom stereocenters. The molecule has 0 aliphatic rings. The first-order valence-corrected chi connectivity index (χ1v) is 5.39. The van der Waals surface area contributed by atoms with Gasteiger partial charge in [-0.2, -0.15) is 0 Å². The highest BCUT2D eigenvalue weighted by Crippen LogP contribution is 2.38. The van der Waals surface area contributed by atoms with E-state index in [4.69, 9.17) is 28.9 Å². The lowest BCUT2D eigenvalue weighted by Crippen LogP contribution is -2.27. The summed E-state index contributed by atoms with van der Waals surface area (Å²) < 4.78 is 13.6. The molecule has 0 spiro atoms. The van der Waals surface area contributed by atoms with Crippen molar-refractivity contribution in [1.29, 1.82) is 0 Å². The molecule has 5 heteroatoms. The van der Waals surface area contributed by atoms with E-state index < -0.39 is 11.9 Å². The molecule has 0 radical (unpaired) electrons. The van der Waals surface area contributed by atoms with Crippen molar-refractivity contribution in [2.24, 2.45) is 11.1 Å². The molecular weight excluding hydrogens is 271 g/mol. The molecule has 2 N–H and O–H groups in total. The Morgan fingerprint density at radius 3 is 2.19 bits per heavy atom. The molecule has 0 aliphatic carbocycles. The fourth-order valence-electron chi connectivity index (χ4n) is 1.26. The Balaban J connectivity index is 0.00000225. The van der Waals surface area contributed by atoms with E-state index in [9.17, 15) is 4.39 Å². The lowest BCUT2D eigenvalue weighted by atomic mass is 9.83. The Morgan fingerprint density at radius 1 is 1.25 bits per heavy atom. The average molecular weight is 287 g/mol. The maximum atomic E-state index is 13.6. The van der Waals surface area contributed by atoms with Gasteiger partial charge in [0.25, 0.3) is 0 Å². The van der Waals surface area contributed by atoms with Gasteiger partial charge in [-0.15, -0.1) is 12.4 Å². The van der Waals surface area contributed by atoms with Crippen LogP contribution in [0.5, 0.6) is 0 Å². The normalized spacial score (nSPS) is 13.2. The Kier molecular flexibility index (Phi) is 5.54. The van der Waals surface area contributed by atoms with Crippen molar-refractivity contribution in [3.8, 4) is 0 Å². The van der Waals surface area contributed by atoms with Gasteiger partial charge in [0.15, 0.2) is 0 Å². The number of halogens is 4. The fraction of sp³-hybridized carbons (Fsp3) is 0.455. The van der Waals surface area contributed by atoms with Gasteiger partial charge in [-0.05, 0) is 17.5 Å². The summed E-state index contributed by atoms with van der Waals surface area (Å²) in [5, 5.41) is 0.534. The molecule has 0 fully saturated rings. The summed E-state index contributed by atoms with van der Waals surface area (Å²) in [5.41, 5.74) is 5.98. The van der Waals surface area contributed by atoms with Crippen molar-refractivity contribution in [2.45, 2.75) is 26.8 Å². The molecule has 0 amide bonds. The summed E-state index contributed by atoms with van der Waals surface area (Å²) in [6.07, 6.45) is 0. The van der Waals surface area contributed by atoms with Crippen LogP contribution in [0.1, 0.15) is 32.4 Å². The van der Waals surface area contributed by atoms with Crippen molar-refractivity contribution < 1.29 is 4.39 Å². The highest BCUT2D eigenvalue weighted by molar-refractivity contribution is 6.42. The van der Waals surface area contributed by atoms with Crippen molar-refractivity contribution in [3.05, 3.63) is 33.6 Å². The van der Waals surface area contributed by atoms with Gasteiger partial charge in [0.1, 0.15) is 5.82 Å². The van der Waals surface area contributed by atoms with Crippen LogP contribution < -0.4 is 5.73 Å². The van der Waals surface area contributed by atoms with E-state index in [1.54, 1.807) is 0 Å². The number of hydrogen-bond donors (Lipinski definition) is 1. The van der Waals surface area contributed by atoms with Crippen molar-refractivity contribution in [1.82, 2.24) is 0 Å². The van der Waals surface area contributed by atoms with Crippen LogP contribution in [0.15, 0.2) is 12.1 Å². The van der Waals surface area contributed by atoms with Gasteiger partial charge in [0.2, 0.25) is 0 Å². The fourth-order valence-corrected chi connectivity index (χ4v) is 1.70. The van der Waals surface area contributed by atoms with Crippen LogP contribution in [0.25, 0.3) is 0 Å². The third-order valence-electron chi connectivity index (χ3n) is 2.32. The zero-order valence-corrected chi connectivity index (χ0v) is 11.7. The summed E-state index contributed by atoms with van der Waals surface area (Å²) >= 11 is 11.8. The zero-order chi connectivity index (χ0) is 11.8. The van der Waals surface area contributed by atoms with Gasteiger partial charge in [0, 0.05) is 11.6 Å². The van der Waals surface area contributed by atoms with E-state index in [1.165, 1.54) is 12.1 Å². The molecular formula is C11H15Cl3FN. The maximum Gasteiger partial charge on any atom is 0.129 e. The van der Waals surface area contributed by atoms with Crippen LogP contribution in [0.3, 0.4) is 0 Å². The van der Waals surface area contributed by atoms with Gasteiger partial charge in [-0.1, -0.05) is 44.0 Å². The number of rotatable bonds is 1. The van der Waals surface area contributed by atoms with Crippen molar-refractivity contribution >= 4 is 35.6 Å². The molecule has 0 aromatic heterocycles. The molecule has 1 aromatic carbocycles. The third-order valence-corrected chi connectivity index (χ3v) is 3.14. The SMILES string of the molecule is CC(C)(C)[C@@H](N)c1c(F)ccc(Cl)c1Cl.Cl. The smallest absolute Gasteiger partial charge is 0.129 e. The van der Waals surface area contributed by atoms with Crippen LogP contribution in [0.2, 0.25) is 10.0 Å². The monoisotopic (exact) mass is 285 g/mol. The second-order valence-electron chi connectivity index (χ2n) is 4.60. The van der Waals surface area contributed by atoms with Gasteiger partial charge in [-0.3, -0.25) is 0 Å². The molecule has 92 valence electrons. The van der Waals surface area contributed by atoms with Crippen LogP contribution in [0, 0.1) is 11.2 Å².